The maximum absolute atomic E-state index is 12.7. The lowest BCUT2D eigenvalue weighted by Gasteiger charge is -2.44. The maximum atomic E-state index is 12.7. The van der Waals surface area contributed by atoms with Crippen molar-refractivity contribution in [2.24, 2.45) is 5.41 Å². The van der Waals surface area contributed by atoms with Crippen molar-refractivity contribution in [1.29, 1.82) is 0 Å². The molecule has 2 fully saturated rings. The van der Waals surface area contributed by atoms with Gasteiger partial charge in [-0.1, -0.05) is 6.07 Å². The Labute approximate surface area is 151 Å². The predicted molar refractivity (Wildman–Crippen MR) is 98.3 cm³/mol. The highest BCUT2D eigenvalue weighted by Gasteiger charge is 2.40. The highest BCUT2D eigenvalue weighted by molar-refractivity contribution is 5.76. The molecule has 0 unspecified atom stereocenters. The van der Waals surface area contributed by atoms with Crippen molar-refractivity contribution in [3.05, 3.63) is 30.1 Å². The predicted octanol–water partition coefficient (Wildman–Crippen LogP) is 2.36. The van der Waals surface area contributed by atoms with Crippen molar-refractivity contribution in [1.82, 2.24) is 14.8 Å². The Balaban J connectivity index is 1.60. The summed E-state index contributed by atoms with van der Waals surface area (Å²) in [5, 5.41) is 0. The van der Waals surface area contributed by atoms with E-state index >= 15 is 0 Å². The van der Waals surface area contributed by atoms with Crippen molar-refractivity contribution in [2.45, 2.75) is 45.6 Å². The van der Waals surface area contributed by atoms with Gasteiger partial charge in [-0.05, 0) is 44.7 Å². The van der Waals surface area contributed by atoms with Gasteiger partial charge in [0.2, 0.25) is 5.91 Å². The van der Waals surface area contributed by atoms with Crippen LogP contribution in [0.15, 0.2) is 24.5 Å². The third-order valence-electron chi connectivity index (χ3n) is 5.56. The summed E-state index contributed by atoms with van der Waals surface area (Å²) in [6, 6.07) is 4.49. The third kappa shape index (κ3) is 4.79. The number of ether oxygens (including phenoxy) is 1. The lowest BCUT2D eigenvalue weighted by Crippen LogP contribution is -2.53. The van der Waals surface area contributed by atoms with Crippen LogP contribution in [-0.4, -0.2) is 66.1 Å². The van der Waals surface area contributed by atoms with E-state index in [4.69, 9.17) is 4.74 Å². The van der Waals surface area contributed by atoms with Crippen molar-refractivity contribution in [2.75, 3.05) is 39.4 Å². The molecule has 5 nitrogen and oxygen atoms in total. The lowest BCUT2D eigenvalue weighted by molar-refractivity contribution is -0.136. The van der Waals surface area contributed by atoms with Gasteiger partial charge >= 0.3 is 0 Å². The Morgan fingerprint density at radius 3 is 3.00 bits per heavy atom. The van der Waals surface area contributed by atoms with Crippen molar-refractivity contribution < 1.29 is 9.53 Å². The van der Waals surface area contributed by atoms with Crippen molar-refractivity contribution in [3.63, 3.8) is 0 Å². The Kier molecular flexibility index (Phi) is 6.07. The zero-order chi connectivity index (χ0) is 17.7. The first kappa shape index (κ1) is 18.3. The van der Waals surface area contributed by atoms with Crippen molar-refractivity contribution in [3.8, 4) is 0 Å². The molecule has 5 heteroatoms. The summed E-state index contributed by atoms with van der Waals surface area (Å²) in [6.07, 6.45) is 7.19. The second kappa shape index (κ2) is 8.28. The van der Waals surface area contributed by atoms with E-state index in [1.165, 1.54) is 0 Å². The molecule has 0 saturated carbocycles. The number of rotatable bonds is 4. The van der Waals surface area contributed by atoms with Crippen LogP contribution in [0, 0.1) is 5.41 Å². The minimum absolute atomic E-state index is 0.100. The number of aromatic nitrogens is 1. The second-order valence-electron chi connectivity index (χ2n) is 7.90. The van der Waals surface area contributed by atoms with Crippen LogP contribution in [0.2, 0.25) is 0 Å². The van der Waals surface area contributed by atoms with Gasteiger partial charge in [0.1, 0.15) is 0 Å². The maximum Gasteiger partial charge on any atom is 0.222 e. The topological polar surface area (TPSA) is 45.7 Å². The molecule has 0 aromatic carbocycles. The van der Waals surface area contributed by atoms with Gasteiger partial charge in [-0.3, -0.25) is 14.7 Å². The highest BCUT2D eigenvalue weighted by Crippen LogP contribution is 2.33. The molecule has 2 aliphatic rings. The van der Waals surface area contributed by atoms with Gasteiger partial charge < -0.3 is 9.64 Å². The molecule has 1 atom stereocenters. The van der Waals surface area contributed by atoms with Crippen LogP contribution < -0.4 is 0 Å². The van der Waals surface area contributed by atoms with Crippen LogP contribution in [-0.2, 0) is 16.0 Å². The van der Waals surface area contributed by atoms with Gasteiger partial charge in [-0.15, -0.1) is 0 Å². The first-order chi connectivity index (χ1) is 12.1. The summed E-state index contributed by atoms with van der Waals surface area (Å²) in [6.45, 7) is 9.83. The van der Waals surface area contributed by atoms with E-state index in [1.54, 1.807) is 6.20 Å². The summed E-state index contributed by atoms with van der Waals surface area (Å²) < 4.78 is 5.94. The fraction of sp³-hybridized carbons (Fsp3) is 0.700. The summed E-state index contributed by atoms with van der Waals surface area (Å²) in [4.78, 5) is 21.5. The average molecular weight is 345 g/mol. The van der Waals surface area contributed by atoms with Gasteiger partial charge in [0, 0.05) is 56.5 Å². The molecule has 0 bridgehead atoms. The number of aryl methyl sites for hydroxylation is 1. The molecule has 1 spiro atoms. The number of hydrogen-bond donors (Lipinski definition) is 0. The van der Waals surface area contributed by atoms with E-state index in [0.717, 1.165) is 64.2 Å². The van der Waals surface area contributed by atoms with Crippen molar-refractivity contribution >= 4 is 5.91 Å². The smallest absolute Gasteiger partial charge is 0.222 e. The molecular weight excluding hydrogens is 314 g/mol. The molecule has 0 N–H and O–H groups in total. The first-order valence-corrected chi connectivity index (χ1v) is 9.56. The molecule has 2 saturated heterocycles. The Bertz CT molecular complexity index is 563. The van der Waals surface area contributed by atoms with Crippen LogP contribution in [0.25, 0.3) is 0 Å². The monoisotopic (exact) mass is 345 g/mol. The normalized spacial score (nSPS) is 25.3. The molecule has 3 heterocycles. The molecule has 1 aromatic heterocycles. The molecule has 2 aliphatic heterocycles. The number of carbonyl (C=O) groups excluding carboxylic acids is 1. The van der Waals surface area contributed by atoms with Gasteiger partial charge in [-0.2, -0.15) is 0 Å². The van der Waals surface area contributed by atoms with E-state index in [-0.39, 0.29) is 11.3 Å². The first-order valence-electron chi connectivity index (χ1n) is 9.56. The average Bonchev–Trinajstić information content (AvgIpc) is 2.83. The molecule has 138 valence electrons. The van der Waals surface area contributed by atoms with E-state index in [1.807, 2.05) is 18.3 Å². The van der Waals surface area contributed by atoms with E-state index < -0.39 is 0 Å². The zero-order valence-corrected chi connectivity index (χ0v) is 15.6. The van der Waals surface area contributed by atoms with Crippen LogP contribution in [0.4, 0.5) is 0 Å². The van der Waals surface area contributed by atoms with Crippen LogP contribution in [0.1, 0.15) is 38.7 Å². The third-order valence-corrected chi connectivity index (χ3v) is 5.56. The number of hydrogen-bond acceptors (Lipinski definition) is 4. The number of likely N-dealkylation sites (tertiary alicyclic amines) is 1. The molecule has 3 rings (SSSR count). The van der Waals surface area contributed by atoms with Gasteiger partial charge in [0.15, 0.2) is 0 Å². The molecule has 25 heavy (non-hydrogen) atoms. The van der Waals surface area contributed by atoms with Crippen LogP contribution in [0.3, 0.4) is 0 Å². The molecule has 0 aliphatic carbocycles. The Morgan fingerprint density at radius 1 is 1.36 bits per heavy atom. The fourth-order valence-corrected chi connectivity index (χ4v) is 4.09. The molecular formula is C20H31N3O2. The SMILES string of the molecule is CC(C)N1CCOC[C@]2(CCCN(C(=O)CCc3cccnc3)C2)C1. The summed E-state index contributed by atoms with van der Waals surface area (Å²) in [5.41, 5.74) is 1.23. The number of nitrogens with zero attached hydrogens (tertiary/aromatic N) is 3. The molecule has 1 aromatic rings. The second-order valence-corrected chi connectivity index (χ2v) is 7.90. The minimum atomic E-state index is 0.100. The fourth-order valence-electron chi connectivity index (χ4n) is 4.09. The highest BCUT2D eigenvalue weighted by atomic mass is 16.5. The number of amides is 1. The number of piperidine rings is 1. The summed E-state index contributed by atoms with van der Waals surface area (Å²) >= 11 is 0. The number of carbonyl (C=O) groups is 1. The summed E-state index contributed by atoms with van der Waals surface area (Å²) in [7, 11) is 0. The molecule has 1 amide bonds. The standard InChI is InChI=1S/C20H31N3O2/c1-17(2)22-11-12-25-16-20(14-22)8-4-10-23(15-20)19(24)7-6-18-5-3-9-21-13-18/h3,5,9,13,17H,4,6-8,10-12,14-16H2,1-2H3/t20-/m1/s1. The van der Waals surface area contributed by atoms with Gasteiger partial charge in [0.05, 0.1) is 13.2 Å². The van der Waals surface area contributed by atoms with E-state index in [0.29, 0.717) is 12.5 Å². The Hall–Kier alpha value is -1.46. The molecule has 0 radical (unpaired) electrons. The Morgan fingerprint density at radius 2 is 2.24 bits per heavy atom. The number of pyridine rings is 1. The van der Waals surface area contributed by atoms with Gasteiger partial charge in [-0.25, -0.2) is 0 Å². The van der Waals surface area contributed by atoms with Crippen LogP contribution in [0.5, 0.6) is 0 Å². The quantitative estimate of drug-likeness (QED) is 0.840. The lowest BCUT2D eigenvalue weighted by atomic mass is 9.79. The van der Waals surface area contributed by atoms with Gasteiger partial charge in [0.25, 0.3) is 0 Å². The van der Waals surface area contributed by atoms with E-state index in [9.17, 15) is 4.79 Å². The van der Waals surface area contributed by atoms with E-state index in [2.05, 4.69) is 28.6 Å². The van der Waals surface area contributed by atoms with Crippen LogP contribution >= 0.6 is 0 Å². The minimum Gasteiger partial charge on any atom is -0.379 e. The zero-order valence-electron chi connectivity index (χ0n) is 15.6. The summed E-state index contributed by atoms with van der Waals surface area (Å²) in [5.74, 6) is 0.267. The largest absolute Gasteiger partial charge is 0.379 e.